The number of urea groups is 1. The third-order valence-electron chi connectivity index (χ3n) is 6.31. The lowest BCUT2D eigenvalue weighted by molar-refractivity contribution is -0.122. The van der Waals surface area contributed by atoms with Crippen molar-refractivity contribution in [1.29, 1.82) is 0 Å². The Morgan fingerprint density at radius 3 is 2.19 bits per heavy atom. The molecule has 2 N–H and O–H groups in total. The zero-order valence-corrected chi connectivity index (χ0v) is 23.5. The van der Waals surface area contributed by atoms with Gasteiger partial charge in [-0.2, -0.15) is 0 Å². The van der Waals surface area contributed by atoms with Crippen LogP contribution in [0, 0.1) is 0 Å². The Balaban J connectivity index is 1.35. The molecule has 0 spiro atoms. The molecule has 1 aliphatic rings. The van der Waals surface area contributed by atoms with Crippen molar-refractivity contribution >= 4 is 51.5 Å². The number of barbiturate groups is 1. The standard InChI is InChI=1S/C32H23BrN2O7/c33-24-10-15-28(42-19-21-6-8-22(9-7-21)31(38)39)23(16-24)17-27-29(36)34-32(40)35(30(27)37)25-11-13-26(14-12-25)41-18-20-4-2-1-3-5-20/h1-17H,18-19H2,(H,38,39)(H,34,36,40)/b27-17+. The van der Waals surface area contributed by atoms with E-state index in [2.05, 4.69) is 21.2 Å². The minimum absolute atomic E-state index is 0.112. The minimum Gasteiger partial charge on any atom is -0.489 e. The molecule has 1 heterocycles. The van der Waals surface area contributed by atoms with Crippen LogP contribution < -0.4 is 19.7 Å². The van der Waals surface area contributed by atoms with Gasteiger partial charge < -0.3 is 14.6 Å². The maximum absolute atomic E-state index is 13.5. The van der Waals surface area contributed by atoms with Gasteiger partial charge in [0.1, 0.15) is 30.3 Å². The zero-order chi connectivity index (χ0) is 29.6. The number of amides is 4. The summed E-state index contributed by atoms with van der Waals surface area (Å²) in [6.45, 7) is 0.469. The van der Waals surface area contributed by atoms with E-state index in [0.29, 0.717) is 28.1 Å². The molecular formula is C32H23BrN2O7. The summed E-state index contributed by atoms with van der Waals surface area (Å²) in [5.41, 5.74) is 2.30. The van der Waals surface area contributed by atoms with Crippen molar-refractivity contribution in [2.24, 2.45) is 0 Å². The second-order valence-corrected chi connectivity index (χ2v) is 10.1. The Hall–Kier alpha value is -5.22. The van der Waals surface area contributed by atoms with Crippen molar-refractivity contribution in [2.45, 2.75) is 13.2 Å². The monoisotopic (exact) mass is 626 g/mol. The number of anilines is 1. The second kappa shape index (κ2) is 12.5. The van der Waals surface area contributed by atoms with Crippen molar-refractivity contribution < 1.29 is 33.8 Å². The van der Waals surface area contributed by atoms with Gasteiger partial charge in [0.2, 0.25) is 0 Å². The van der Waals surface area contributed by atoms with E-state index < -0.39 is 23.8 Å². The van der Waals surface area contributed by atoms with Crippen molar-refractivity contribution in [2.75, 3.05) is 4.90 Å². The van der Waals surface area contributed by atoms with Crippen LogP contribution in [0.4, 0.5) is 10.5 Å². The number of carboxylic acids is 1. The summed E-state index contributed by atoms with van der Waals surface area (Å²) < 4.78 is 12.4. The number of benzene rings is 4. The zero-order valence-electron chi connectivity index (χ0n) is 22.0. The molecule has 1 fully saturated rings. The molecule has 4 aromatic rings. The van der Waals surface area contributed by atoms with Gasteiger partial charge in [0.25, 0.3) is 11.8 Å². The van der Waals surface area contributed by atoms with Crippen LogP contribution in [0.1, 0.15) is 27.0 Å². The average molecular weight is 627 g/mol. The number of ether oxygens (including phenoxy) is 2. The fraction of sp³-hybridized carbons (Fsp3) is 0.0625. The Kier molecular flexibility index (Phi) is 8.44. The van der Waals surface area contributed by atoms with Crippen LogP contribution in [0.2, 0.25) is 0 Å². The lowest BCUT2D eigenvalue weighted by Gasteiger charge is -2.26. The first-order valence-electron chi connectivity index (χ1n) is 12.7. The normalized spacial score (nSPS) is 14.1. The van der Waals surface area contributed by atoms with Crippen molar-refractivity contribution in [3.63, 3.8) is 0 Å². The maximum Gasteiger partial charge on any atom is 0.335 e. The van der Waals surface area contributed by atoms with Crippen molar-refractivity contribution in [3.05, 3.63) is 129 Å². The third kappa shape index (κ3) is 6.56. The van der Waals surface area contributed by atoms with E-state index in [1.807, 2.05) is 30.3 Å². The van der Waals surface area contributed by atoms with Crippen molar-refractivity contribution in [3.8, 4) is 11.5 Å². The van der Waals surface area contributed by atoms with Gasteiger partial charge in [-0.15, -0.1) is 0 Å². The smallest absolute Gasteiger partial charge is 0.335 e. The van der Waals surface area contributed by atoms with Gasteiger partial charge in [-0.05, 0) is 71.8 Å². The lowest BCUT2D eigenvalue weighted by atomic mass is 10.1. The third-order valence-corrected chi connectivity index (χ3v) is 6.81. The van der Waals surface area contributed by atoms with Gasteiger partial charge in [0.05, 0.1) is 11.3 Å². The molecule has 0 bridgehead atoms. The largest absolute Gasteiger partial charge is 0.489 e. The van der Waals surface area contributed by atoms with Crippen LogP contribution in [-0.4, -0.2) is 28.9 Å². The topological polar surface area (TPSA) is 122 Å². The molecule has 0 aliphatic carbocycles. The maximum atomic E-state index is 13.5. The quantitative estimate of drug-likeness (QED) is 0.173. The molecule has 0 aromatic heterocycles. The first kappa shape index (κ1) is 28.3. The van der Waals surface area contributed by atoms with Crippen LogP contribution in [0.15, 0.2) is 107 Å². The van der Waals surface area contributed by atoms with Crippen LogP contribution in [0.3, 0.4) is 0 Å². The molecule has 210 valence electrons. The molecule has 4 amide bonds. The van der Waals surface area contributed by atoms with Gasteiger partial charge in [-0.3, -0.25) is 14.9 Å². The number of carbonyl (C=O) groups excluding carboxylic acids is 3. The van der Waals surface area contributed by atoms with E-state index in [0.717, 1.165) is 16.0 Å². The molecule has 9 nitrogen and oxygen atoms in total. The fourth-order valence-corrected chi connectivity index (χ4v) is 4.53. The fourth-order valence-electron chi connectivity index (χ4n) is 4.15. The molecule has 0 atom stereocenters. The highest BCUT2D eigenvalue weighted by Gasteiger charge is 2.37. The van der Waals surface area contributed by atoms with Gasteiger partial charge in [0, 0.05) is 10.0 Å². The molecule has 0 saturated carbocycles. The first-order valence-corrected chi connectivity index (χ1v) is 13.5. The Morgan fingerprint density at radius 1 is 0.833 bits per heavy atom. The number of aromatic carboxylic acids is 1. The van der Waals surface area contributed by atoms with Gasteiger partial charge in [0.15, 0.2) is 0 Å². The lowest BCUT2D eigenvalue weighted by Crippen LogP contribution is -2.54. The van der Waals surface area contributed by atoms with E-state index in [4.69, 9.17) is 14.6 Å². The molecule has 1 saturated heterocycles. The highest BCUT2D eigenvalue weighted by Crippen LogP contribution is 2.29. The number of nitrogens with zero attached hydrogens (tertiary/aromatic N) is 1. The molecule has 5 rings (SSSR count). The molecule has 4 aromatic carbocycles. The molecule has 42 heavy (non-hydrogen) atoms. The Morgan fingerprint density at radius 2 is 1.50 bits per heavy atom. The number of imide groups is 2. The summed E-state index contributed by atoms with van der Waals surface area (Å²) in [6.07, 6.45) is 1.36. The van der Waals surface area contributed by atoms with Gasteiger partial charge in [-0.25, -0.2) is 14.5 Å². The molecule has 0 unspecified atom stereocenters. The summed E-state index contributed by atoms with van der Waals surface area (Å²) in [5.74, 6) is -1.74. The van der Waals surface area contributed by atoms with Crippen LogP contribution in [-0.2, 0) is 22.8 Å². The van der Waals surface area contributed by atoms with Crippen LogP contribution in [0.5, 0.6) is 11.5 Å². The van der Waals surface area contributed by atoms with Crippen LogP contribution >= 0.6 is 15.9 Å². The van der Waals surface area contributed by atoms with E-state index in [-0.39, 0.29) is 23.4 Å². The number of nitrogens with one attached hydrogen (secondary N) is 1. The van der Waals surface area contributed by atoms with E-state index in [1.54, 1.807) is 54.6 Å². The SMILES string of the molecule is O=C1NC(=O)N(c2ccc(OCc3ccccc3)cc2)C(=O)/C1=C/c1cc(Br)ccc1OCc1ccc(C(=O)O)cc1. The predicted octanol–water partition coefficient (Wildman–Crippen LogP) is 5.97. The summed E-state index contributed by atoms with van der Waals surface area (Å²) in [5, 5.41) is 11.3. The van der Waals surface area contributed by atoms with E-state index in [9.17, 15) is 19.2 Å². The number of hydrogen-bond donors (Lipinski definition) is 2. The number of halogens is 1. The second-order valence-electron chi connectivity index (χ2n) is 9.20. The first-order chi connectivity index (χ1) is 20.3. The molecular weight excluding hydrogens is 604 g/mol. The molecule has 1 aliphatic heterocycles. The van der Waals surface area contributed by atoms with Gasteiger partial charge >= 0.3 is 12.0 Å². The summed E-state index contributed by atoms with van der Waals surface area (Å²) in [7, 11) is 0. The number of hydrogen-bond acceptors (Lipinski definition) is 6. The Bertz CT molecular complexity index is 1680. The predicted molar refractivity (Wildman–Crippen MR) is 158 cm³/mol. The minimum atomic E-state index is -1.03. The molecule has 0 radical (unpaired) electrons. The highest BCUT2D eigenvalue weighted by atomic mass is 79.9. The number of carboxylic acid groups (broad SMARTS) is 1. The summed E-state index contributed by atoms with van der Waals surface area (Å²) in [4.78, 5) is 50.9. The molecule has 10 heteroatoms. The van der Waals surface area contributed by atoms with Crippen LogP contribution in [0.25, 0.3) is 6.08 Å². The number of carbonyl (C=O) groups is 4. The Labute approximate surface area is 249 Å². The average Bonchev–Trinajstić information content (AvgIpc) is 2.99. The summed E-state index contributed by atoms with van der Waals surface area (Å²) >= 11 is 3.40. The highest BCUT2D eigenvalue weighted by molar-refractivity contribution is 9.10. The van der Waals surface area contributed by atoms with Crippen molar-refractivity contribution in [1.82, 2.24) is 5.32 Å². The van der Waals surface area contributed by atoms with E-state index >= 15 is 0 Å². The summed E-state index contributed by atoms with van der Waals surface area (Å²) in [6, 6.07) is 26.5. The van der Waals surface area contributed by atoms with Gasteiger partial charge in [-0.1, -0.05) is 58.4 Å². The van der Waals surface area contributed by atoms with E-state index in [1.165, 1.54) is 18.2 Å². The number of rotatable bonds is 9.